The van der Waals surface area contributed by atoms with Crippen LogP contribution in [0.25, 0.3) is 11.1 Å². The van der Waals surface area contributed by atoms with Crippen LogP contribution in [0.1, 0.15) is 26.4 Å². The van der Waals surface area contributed by atoms with E-state index >= 15 is 0 Å². The summed E-state index contributed by atoms with van der Waals surface area (Å²) in [4.78, 5) is 17.8. The van der Waals surface area contributed by atoms with Gasteiger partial charge in [-0.1, -0.05) is 35.9 Å². The van der Waals surface area contributed by atoms with Crippen molar-refractivity contribution < 1.29 is 4.79 Å². The fraction of sp³-hybridized carbons (Fsp3) is 0.158. The average Bonchev–Trinajstić information content (AvgIpc) is 2.96. The van der Waals surface area contributed by atoms with Crippen LogP contribution in [0, 0.1) is 13.8 Å². The van der Waals surface area contributed by atoms with Crippen LogP contribution in [0.3, 0.4) is 0 Å². The third-order valence-electron chi connectivity index (χ3n) is 3.74. The molecule has 0 aliphatic carbocycles. The van der Waals surface area contributed by atoms with Crippen LogP contribution in [0.4, 0.5) is 0 Å². The van der Waals surface area contributed by atoms with Gasteiger partial charge in [0.25, 0.3) is 5.91 Å². The Kier molecular flexibility index (Phi) is 4.53. The highest BCUT2D eigenvalue weighted by Gasteiger charge is 2.17. The monoisotopic (exact) mass is 322 g/mol. The second-order valence-corrected chi connectivity index (χ2v) is 6.57. The number of nitrogens with one attached hydrogen (secondary N) is 1. The molecule has 23 heavy (non-hydrogen) atoms. The van der Waals surface area contributed by atoms with E-state index in [-0.39, 0.29) is 5.91 Å². The van der Waals surface area contributed by atoms with E-state index in [1.807, 2.05) is 17.5 Å². The van der Waals surface area contributed by atoms with Gasteiger partial charge in [0.1, 0.15) is 0 Å². The summed E-state index contributed by atoms with van der Waals surface area (Å²) in [5.41, 5.74) is 5.05. The number of amides is 1. The molecule has 0 spiro atoms. The van der Waals surface area contributed by atoms with Crippen molar-refractivity contribution in [1.29, 1.82) is 0 Å². The zero-order valence-corrected chi connectivity index (χ0v) is 14.0. The van der Waals surface area contributed by atoms with Crippen molar-refractivity contribution in [2.45, 2.75) is 20.4 Å². The van der Waals surface area contributed by atoms with E-state index in [1.54, 1.807) is 23.7 Å². The summed E-state index contributed by atoms with van der Waals surface area (Å²) in [6.07, 6.45) is 3.49. The van der Waals surface area contributed by atoms with Crippen LogP contribution in [-0.2, 0) is 6.54 Å². The maximum Gasteiger partial charge on any atom is 0.253 e. The lowest BCUT2D eigenvalue weighted by molar-refractivity contribution is 0.0952. The van der Waals surface area contributed by atoms with Crippen LogP contribution in [0.2, 0.25) is 0 Å². The number of carbonyl (C=O) groups is 1. The first kappa shape index (κ1) is 15.4. The van der Waals surface area contributed by atoms with Crippen LogP contribution in [0.5, 0.6) is 0 Å². The summed E-state index contributed by atoms with van der Waals surface area (Å²) < 4.78 is 0. The number of hydrogen-bond donors (Lipinski definition) is 1. The van der Waals surface area contributed by atoms with E-state index in [0.717, 1.165) is 27.1 Å². The predicted molar refractivity (Wildman–Crippen MR) is 94.6 cm³/mol. The molecule has 4 heteroatoms. The van der Waals surface area contributed by atoms with Gasteiger partial charge in [0.15, 0.2) is 0 Å². The largest absolute Gasteiger partial charge is 0.348 e. The topological polar surface area (TPSA) is 42.0 Å². The summed E-state index contributed by atoms with van der Waals surface area (Å²) in [7, 11) is 0. The molecule has 1 amide bonds. The lowest BCUT2D eigenvalue weighted by Gasteiger charge is -2.08. The molecule has 1 aromatic carbocycles. The van der Waals surface area contributed by atoms with E-state index in [1.165, 1.54) is 5.56 Å². The van der Waals surface area contributed by atoms with Gasteiger partial charge in [-0.15, -0.1) is 11.3 Å². The number of hydrogen-bond acceptors (Lipinski definition) is 3. The third kappa shape index (κ3) is 3.48. The van der Waals surface area contributed by atoms with Crippen molar-refractivity contribution >= 4 is 17.2 Å². The molecule has 116 valence electrons. The van der Waals surface area contributed by atoms with E-state index in [9.17, 15) is 4.79 Å². The molecule has 2 aromatic heterocycles. The minimum absolute atomic E-state index is 0.0474. The molecule has 0 unspecified atom stereocenters. The van der Waals surface area contributed by atoms with Crippen molar-refractivity contribution in [1.82, 2.24) is 10.3 Å². The van der Waals surface area contributed by atoms with E-state index in [2.05, 4.69) is 48.4 Å². The Morgan fingerprint density at radius 2 is 1.96 bits per heavy atom. The van der Waals surface area contributed by atoms with Crippen molar-refractivity contribution in [3.63, 3.8) is 0 Å². The summed E-state index contributed by atoms with van der Waals surface area (Å²) in [5, 5.41) is 4.91. The molecule has 3 aromatic rings. The van der Waals surface area contributed by atoms with Crippen molar-refractivity contribution in [2.75, 3.05) is 0 Å². The molecular weight excluding hydrogens is 304 g/mol. The van der Waals surface area contributed by atoms with Gasteiger partial charge >= 0.3 is 0 Å². The Morgan fingerprint density at radius 1 is 1.17 bits per heavy atom. The van der Waals surface area contributed by atoms with Gasteiger partial charge in [0.05, 0.1) is 5.56 Å². The predicted octanol–water partition coefficient (Wildman–Crippen LogP) is 4.36. The number of aromatic nitrogens is 1. The molecular formula is C19H18N2OS. The van der Waals surface area contributed by atoms with Crippen LogP contribution in [-0.4, -0.2) is 10.9 Å². The molecule has 3 nitrogen and oxygen atoms in total. The molecule has 2 heterocycles. The van der Waals surface area contributed by atoms with Gasteiger partial charge in [0.2, 0.25) is 0 Å². The molecule has 0 atom stereocenters. The first-order valence-corrected chi connectivity index (χ1v) is 8.35. The fourth-order valence-electron chi connectivity index (χ4n) is 2.48. The lowest BCUT2D eigenvalue weighted by Crippen LogP contribution is -2.22. The Labute approximate surface area is 140 Å². The number of nitrogens with zero attached hydrogens (tertiary/aromatic N) is 1. The summed E-state index contributed by atoms with van der Waals surface area (Å²) in [5.74, 6) is -0.0474. The van der Waals surface area contributed by atoms with Gasteiger partial charge in [-0.25, -0.2) is 0 Å². The highest BCUT2D eigenvalue weighted by atomic mass is 32.1. The second-order valence-electron chi connectivity index (χ2n) is 5.49. The summed E-state index contributed by atoms with van der Waals surface area (Å²) in [6.45, 7) is 4.60. The first-order valence-electron chi connectivity index (χ1n) is 7.47. The number of rotatable bonds is 4. The molecule has 0 saturated carbocycles. The number of carbonyl (C=O) groups excluding carboxylic acids is 1. The number of benzene rings is 1. The van der Waals surface area contributed by atoms with Gasteiger partial charge in [-0.2, -0.15) is 0 Å². The molecule has 0 aliphatic heterocycles. The molecule has 0 bridgehead atoms. The number of aryl methyl sites for hydroxylation is 2. The highest BCUT2D eigenvalue weighted by Crippen LogP contribution is 2.32. The molecule has 0 aliphatic rings. The average molecular weight is 322 g/mol. The smallest absolute Gasteiger partial charge is 0.253 e. The Bertz CT molecular complexity index is 807. The molecule has 0 saturated heterocycles. The lowest BCUT2D eigenvalue weighted by atomic mass is 10.0. The maximum absolute atomic E-state index is 12.6. The van der Waals surface area contributed by atoms with Gasteiger partial charge in [-0.3, -0.25) is 9.78 Å². The number of pyridine rings is 1. The summed E-state index contributed by atoms with van der Waals surface area (Å²) >= 11 is 1.61. The van der Waals surface area contributed by atoms with Crippen molar-refractivity contribution in [2.24, 2.45) is 0 Å². The zero-order chi connectivity index (χ0) is 16.2. The number of thiophene rings is 1. The highest BCUT2D eigenvalue weighted by molar-refractivity contribution is 7.10. The standard InChI is InChI=1S/C19H18N2OS/c1-13-5-7-16(8-6-13)18-14(2)23-12-17(18)19(22)21-11-15-4-3-9-20-10-15/h3-10,12H,11H2,1-2H3,(H,21,22). The quantitative estimate of drug-likeness (QED) is 0.775. The summed E-state index contributed by atoms with van der Waals surface area (Å²) in [6, 6.07) is 12.1. The SMILES string of the molecule is Cc1ccc(-c2c(C(=O)NCc3cccnc3)csc2C)cc1. The molecule has 0 fully saturated rings. The third-order valence-corrected chi connectivity index (χ3v) is 4.65. The van der Waals surface area contributed by atoms with E-state index in [4.69, 9.17) is 0 Å². The Hall–Kier alpha value is -2.46. The first-order chi connectivity index (χ1) is 11.1. The van der Waals surface area contributed by atoms with Gasteiger partial charge in [0, 0.05) is 34.8 Å². The zero-order valence-electron chi connectivity index (χ0n) is 13.2. The fourth-order valence-corrected chi connectivity index (χ4v) is 3.35. The second kappa shape index (κ2) is 6.75. The van der Waals surface area contributed by atoms with Crippen LogP contribution in [0.15, 0.2) is 54.2 Å². The normalized spacial score (nSPS) is 10.5. The van der Waals surface area contributed by atoms with E-state index < -0.39 is 0 Å². The van der Waals surface area contributed by atoms with Gasteiger partial charge in [-0.05, 0) is 31.0 Å². The Morgan fingerprint density at radius 3 is 2.65 bits per heavy atom. The van der Waals surface area contributed by atoms with Crippen LogP contribution >= 0.6 is 11.3 Å². The van der Waals surface area contributed by atoms with Gasteiger partial charge < -0.3 is 5.32 Å². The van der Waals surface area contributed by atoms with E-state index in [0.29, 0.717) is 6.54 Å². The maximum atomic E-state index is 12.6. The minimum atomic E-state index is -0.0474. The minimum Gasteiger partial charge on any atom is -0.348 e. The van der Waals surface area contributed by atoms with Crippen LogP contribution < -0.4 is 5.32 Å². The molecule has 3 rings (SSSR count). The molecule has 0 radical (unpaired) electrons. The van der Waals surface area contributed by atoms with Crippen molar-refractivity contribution in [3.8, 4) is 11.1 Å². The van der Waals surface area contributed by atoms with Crippen molar-refractivity contribution in [3.05, 3.63) is 75.7 Å². The Balaban J connectivity index is 1.83. The molecule has 1 N–H and O–H groups in total.